The quantitative estimate of drug-likeness (QED) is 0.874. The lowest BCUT2D eigenvalue weighted by Gasteiger charge is -2.13. The number of hydrogen-bond donors (Lipinski definition) is 1. The van der Waals surface area contributed by atoms with Crippen molar-refractivity contribution in [2.45, 2.75) is 26.3 Å². The summed E-state index contributed by atoms with van der Waals surface area (Å²) in [6, 6.07) is 8.33. The first-order valence-electron chi connectivity index (χ1n) is 5.87. The Balaban J connectivity index is 2.48. The number of hydrogen-bond acceptors (Lipinski definition) is 3. The molecular formula is C13H18N4. The van der Waals surface area contributed by atoms with Crippen LogP contribution >= 0.6 is 0 Å². The summed E-state index contributed by atoms with van der Waals surface area (Å²) in [7, 11) is 1.92. The smallest absolute Gasteiger partial charge is 0.0783 e. The number of rotatable bonds is 4. The summed E-state index contributed by atoms with van der Waals surface area (Å²) in [6.07, 6.45) is 1.80. The van der Waals surface area contributed by atoms with Crippen molar-refractivity contribution >= 4 is 0 Å². The Bertz CT molecular complexity index is 488. The van der Waals surface area contributed by atoms with Gasteiger partial charge in [0.15, 0.2) is 0 Å². The molecule has 2 rings (SSSR count). The van der Waals surface area contributed by atoms with Gasteiger partial charge in [0, 0.05) is 6.54 Å². The second kappa shape index (κ2) is 5.10. The van der Waals surface area contributed by atoms with Crippen LogP contribution in [0.2, 0.25) is 0 Å². The fraction of sp³-hybridized carbons (Fsp3) is 0.385. The van der Waals surface area contributed by atoms with Crippen LogP contribution in [0.3, 0.4) is 0 Å². The molecule has 0 atom stereocenters. The van der Waals surface area contributed by atoms with E-state index in [2.05, 4.69) is 47.7 Å². The Morgan fingerprint density at radius 1 is 1.29 bits per heavy atom. The van der Waals surface area contributed by atoms with Gasteiger partial charge >= 0.3 is 0 Å². The molecule has 0 amide bonds. The van der Waals surface area contributed by atoms with E-state index in [1.165, 1.54) is 5.56 Å². The molecule has 1 N–H and O–H groups in total. The average Bonchev–Trinajstić information content (AvgIpc) is 2.77. The van der Waals surface area contributed by atoms with Gasteiger partial charge in [-0.3, -0.25) is 0 Å². The van der Waals surface area contributed by atoms with Crippen molar-refractivity contribution in [3.05, 3.63) is 41.7 Å². The maximum absolute atomic E-state index is 4.17. The molecule has 1 heterocycles. The van der Waals surface area contributed by atoms with E-state index in [4.69, 9.17) is 0 Å². The zero-order chi connectivity index (χ0) is 12.3. The van der Waals surface area contributed by atoms with Crippen molar-refractivity contribution in [1.82, 2.24) is 20.3 Å². The minimum atomic E-state index is 0.470. The fourth-order valence-corrected chi connectivity index (χ4v) is 1.93. The van der Waals surface area contributed by atoms with Crippen molar-refractivity contribution in [3.63, 3.8) is 0 Å². The molecule has 0 spiro atoms. The summed E-state index contributed by atoms with van der Waals surface area (Å²) >= 11 is 0. The van der Waals surface area contributed by atoms with Gasteiger partial charge in [-0.1, -0.05) is 37.3 Å². The van der Waals surface area contributed by atoms with Crippen molar-refractivity contribution in [1.29, 1.82) is 0 Å². The second-order valence-electron chi connectivity index (χ2n) is 4.38. The van der Waals surface area contributed by atoms with Crippen LogP contribution in [-0.2, 0) is 6.54 Å². The zero-order valence-corrected chi connectivity index (χ0v) is 10.5. The number of nitrogens with one attached hydrogen (secondary N) is 1. The van der Waals surface area contributed by atoms with Gasteiger partial charge in [-0.05, 0) is 24.6 Å². The van der Waals surface area contributed by atoms with Crippen molar-refractivity contribution in [3.8, 4) is 5.69 Å². The molecule has 0 saturated carbocycles. The minimum Gasteiger partial charge on any atom is -0.314 e. The van der Waals surface area contributed by atoms with Gasteiger partial charge in [-0.25, -0.2) is 4.68 Å². The highest BCUT2D eigenvalue weighted by atomic mass is 15.4. The fourth-order valence-electron chi connectivity index (χ4n) is 1.93. The topological polar surface area (TPSA) is 42.7 Å². The summed E-state index contributed by atoms with van der Waals surface area (Å²) in [6.45, 7) is 5.14. The normalized spacial score (nSPS) is 11.1. The Kier molecular flexibility index (Phi) is 3.54. The molecule has 17 heavy (non-hydrogen) atoms. The van der Waals surface area contributed by atoms with Crippen molar-refractivity contribution in [2.75, 3.05) is 7.05 Å². The first-order valence-corrected chi connectivity index (χ1v) is 5.87. The summed E-state index contributed by atoms with van der Waals surface area (Å²) in [4.78, 5) is 0. The van der Waals surface area contributed by atoms with Gasteiger partial charge in [-0.15, -0.1) is 5.10 Å². The van der Waals surface area contributed by atoms with Crippen LogP contribution in [0.25, 0.3) is 5.69 Å². The predicted octanol–water partition coefficient (Wildman–Crippen LogP) is 2.11. The van der Waals surface area contributed by atoms with E-state index in [-0.39, 0.29) is 0 Å². The Hall–Kier alpha value is -1.68. The molecule has 0 fully saturated rings. The summed E-state index contributed by atoms with van der Waals surface area (Å²) in [5.41, 5.74) is 3.47. The lowest BCUT2D eigenvalue weighted by Crippen LogP contribution is -2.12. The van der Waals surface area contributed by atoms with E-state index in [0.717, 1.165) is 17.9 Å². The zero-order valence-electron chi connectivity index (χ0n) is 10.5. The minimum absolute atomic E-state index is 0.470. The third kappa shape index (κ3) is 2.36. The lowest BCUT2D eigenvalue weighted by atomic mass is 10.0. The van der Waals surface area contributed by atoms with Crippen LogP contribution in [0.15, 0.2) is 30.5 Å². The molecule has 0 aliphatic rings. The maximum Gasteiger partial charge on any atom is 0.0783 e. The first kappa shape index (κ1) is 11.8. The van der Waals surface area contributed by atoms with E-state index in [1.807, 2.05) is 17.8 Å². The predicted molar refractivity (Wildman–Crippen MR) is 68.2 cm³/mol. The SMILES string of the molecule is CNCc1cnnn1-c1ccccc1C(C)C. The molecule has 0 unspecified atom stereocenters. The molecule has 0 aliphatic heterocycles. The third-order valence-electron chi connectivity index (χ3n) is 2.76. The van der Waals surface area contributed by atoms with Crippen LogP contribution in [-0.4, -0.2) is 22.0 Å². The van der Waals surface area contributed by atoms with Crippen LogP contribution in [0.5, 0.6) is 0 Å². The third-order valence-corrected chi connectivity index (χ3v) is 2.76. The second-order valence-corrected chi connectivity index (χ2v) is 4.38. The summed E-state index contributed by atoms with van der Waals surface area (Å²) in [5.74, 6) is 0.470. The Morgan fingerprint density at radius 3 is 2.76 bits per heavy atom. The lowest BCUT2D eigenvalue weighted by molar-refractivity contribution is 0.702. The highest BCUT2D eigenvalue weighted by Crippen LogP contribution is 2.22. The van der Waals surface area contributed by atoms with Crippen molar-refractivity contribution in [2.24, 2.45) is 0 Å². The molecule has 1 aromatic heterocycles. The van der Waals surface area contributed by atoms with Gasteiger partial charge in [0.2, 0.25) is 0 Å². The Morgan fingerprint density at radius 2 is 2.06 bits per heavy atom. The largest absolute Gasteiger partial charge is 0.314 e. The van der Waals surface area contributed by atoms with Crippen LogP contribution < -0.4 is 5.32 Å². The monoisotopic (exact) mass is 230 g/mol. The maximum atomic E-state index is 4.17. The highest BCUT2D eigenvalue weighted by molar-refractivity contribution is 5.42. The van der Waals surface area contributed by atoms with E-state index in [0.29, 0.717) is 5.92 Å². The van der Waals surface area contributed by atoms with Crippen LogP contribution in [0.1, 0.15) is 31.0 Å². The Labute approximate surface area is 102 Å². The first-order chi connectivity index (χ1) is 8.24. The molecular weight excluding hydrogens is 212 g/mol. The molecule has 90 valence electrons. The van der Waals surface area contributed by atoms with Gasteiger partial charge in [-0.2, -0.15) is 0 Å². The van der Waals surface area contributed by atoms with Gasteiger partial charge < -0.3 is 5.32 Å². The molecule has 0 radical (unpaired) electrons. The standard InChI is InChI=1S/C13H18N4/c1-10(2)12-6-4-5-7-13(12)17-11(8-14-3)9-15-16-17/h4-7,9-10,14H,8H2,1-3H3. The van der Waals surface area contributed by atoms with E-state index >= 15 is 0 Å². The molecule has 0 saturated heterocycles. The molecule has 4 nitrogen and oxygen atoms in total. The highest BCUT2D eigenvalue weighted by Gasteiger charge is 2.11. The molecule has 2 aromatic rings. The van der Waals surface area contributed by atoms with Gasteiger partial charge in [0.05, 0.1) is 17.6 Å². The summed E-state index contributed by atoms with van der Waals surface area (Å²) < 4.78 is 1.91. The number of aromatic nitrogens is 3. The van der Waals surface area contributed by atoms with Gasteiger partial charge in [0.1, 0.15) is 0 Å². The summed E-state index contributed by atoms with van der Waals surface area (Å²) in [5, 5.41) is 11.3. The van der Waals surface area contributed by atoms with Crippen LogP contribution in [0.4, 0.5) is 0 Å². The van der Waals surface area contributed by atoms with E-state index in [9.17, 15) is 0 Å². The number of para-hydroxylation sites is 1. The molecule has 1 aromatic carbocycles. The van der Waals surface area contributed by atoms with E-state index in [1.54, 1.807) is 6.20 Å². The van der Waals surface area contributed by atoms with Gasteiger partial charge in [0.25, 0.3) is 0 Å². The van der Waals surface area contributed by atoms with Crippen LogP contribution in [0, 0.1) is 0 Å². The average molecular weight is 230 g/mol. The molecule has 0 aliphatic carbocycles. The molecule has 0 bridgehead atoms. The molecule has 4 heteroatoms. The van der Waals surface area contributed by atoms with E-state index < -0.39 is 0 Å². The number of benzene rings is 1. The van der Waals surface area contributed by atoms with Crippen molar-refractivity contribution < 1.29 is 0 Å². The number of nitrogens with zero attached hydrogens (tertiary/aromatic N) is 3.